The van der Waals surface area contributed by atoms with Crippen LogP contribution in [0.25, 0.3) is 0 Å². The van der Waals surface area contributed by atoms with Crippen molar-refractivity contribution in [2.75, 3.05) is 47.4 Å². The average Bonchev–Trinajstić information content (AvgIpc) is 2.93. The van der Waals surface area contributed by atoms with Crippen molar-refractivity contribution in [3.05, 3.63) is 89.5 Å². The van der Waals surface area contributed by atoms with Gasteiger partial charge in [0.15, 0.2) is 11.5 Å². The molecule has 1 aliphatic rings. The molecule has 0 spiro atoms. The zero-order valence-corrected chi connectivity index (χ0v) is 22.3. The standard InChI is InChI=1S/C28H33N3O5S/c1-29(21-24-12-8-14-26(35-2)27(24)36-3)28(32)23-11-7-13-25(19-23)37(33,34)31-17-15-30(16-18-31)20-22-9-5-4-6-10-22/h4-14,19H,15-18,20-21H2,1-3H3. The number of methoxy groups -OCH3 is 2. The Bertz CT molecular complexity index is 1320. The van der Waals surface area contributed by atoms with Gasteiger partial charge in [0.2, 0.25) is 10.0 Å². The van der Waals surface area contributed by atoms with Gasteiger partial charge in [-0.2, -0.15) is 4.31 Å². The number of ether oxygens (including phenoxy) is 2. The first-order valence-corrected chi connectivity index (χ1v) is 13.6. The molecule has 0 N–H and O–H groups in total. The number of carbonyl (C=O) groups is 1. The number of amides is 1. The monoisotopic (exact) mass is 523 g/mol. The Balaban J connectivity index is 1.43. The van der Waals surface area contributed by atoms with Crippen LogP contribution >= 0.6 is 0 Å². The van der Waals surface area contributed by atoms with Gasteiger partial charge in [-0.05, 0) is 29.8 Å². The molecule has 1 fully saturated rings. The quantitative estimate of drug-likeness (QED) is 0.427. The van der Waals surface area contributed by atoms with Gasteiger partial charge in [-0.1, -0.05) is 48.5 Å². The maximum Gasteiger partial charge on any atom is 0.253 e. The third-order valence-electron chi connectivity index (χ3n) is 6.54. The molecule has 3 aromatic carbocycles. The molecular formula is C28H33N3O5S. The summed E-state index contributed by atoms with van der Waals surface area (Å²) in [5.41, 5.74) is 2.31. The number of benzene rings is 3. The molecule has 0 unspecified atom stereocenters. The van der Waals surface area contributed by atoms with Crippen LogP contribution in [0.4, 0.5) is 0 Å². The summed E-state index contributed by atoms with van der Waals surface area (Å²) in [5.74, 6) is 0.861. The summed E-state index contributed by atoms with van der Waals surface area (Å²) in [5, 5.41) is 0. The molecule has 37 heavy (non-hydrogen) atoms. The summed E-state index contributed by atoms with van der Waals surface area (Å²) < 4.78 is 39.1. The summed E-state index contributed by atoms with van der Waals surface area (Å²) >= 11 is 0. The molecule has 196 valence electrons. The number of hydrogen-bond acceptors (Lipinski definition) is 6. The molecule has 8 nitrogen and oxygen atoms in total. The third-order valence-corrected chi connectivity index (χ3v) is 8.43. The van der Waals surface area contributed by atoms with Crippen LogP contribution in [0, 0.1) is 0 Å². The molecule has 0 atom stereocenters. The number of piperazine rings is 1. The predicted octanol–water partition coefficient (Wildman–Crippen LogP) is 3.48. The van der Waals surface area contributed by atoms with Crippen LogP contribution in [-0.4, -0.2) is 75.9 Å². The highest BCUT2D eigenvalue weighted by molar-refractivity contribution is 7.89. The fraction of sp³-hybridized carbons (Fsp3) is 0.321. The van der Waals surface area contributed by atoms with Crippen LogP contribution in [0.3, 0.4) is 0 Å². The highest BCUT2D eigenvalue weighted by atomic mass is 32.2. The number of hydrogen-bond donors (Lipinski definition) is 0. The summed E-state index contributed by atoms with van der Waals surface area (Å²) in [6.45, 7) is 3.18. The highest BCUT2D eigenvalue weighted by Gasteiger charge is 2.29. The van der Waals surface area contributed by atoms with E-state index in [-0.39, 0.29) is 17.3 Å². The Kier molecular flexibility index (Phi) is 8.48. The van der Waals surface area contributed by atoms with E-state index in [1.165, 1.54) is 20.8 Å². The summed E-state index contributed by atoms with van der Waals surface area (Å²) in [7, 11) is 1.07. The Hall–Kier alpha value is -3.40. The number of sulfonamides is 1. The second-order valence-corrected chi connectivity index (χ2v) is 10.9. The van der Waals surface area contributed by atoms with Crippen LogP contribution in [0.1, 0.15) is 21.5 Å². The fourth-order valence-corrected chi connectivity index (χ4v) is 6.00. The van der Waals surface area contributed by atoms with Crippen molar-refractivity contribution >= 4 is 15.9 Å². The highest BCUT2D eigenvalue weighted by Crippen LogP contribution is 2.31. The van der Waals surface area contributed by atoms with E-state index in [1.54, 1.807) is 45.5 Å². The molecule has 1 heterocycles. The minimum absolute atomic E-state index is 0.127. The first-order chi connectivity index (χ1) is 17.8. The zero-order chi connectivity index (χ0) is 26.4. The van der Waals surface area contributed by atoms with Gasteiger partial charge in [0.05, 0.1) is 19.1 Å². The Morgan fingerprint density at radius 2 is 1.59 bits per heavy atom. The zero-order valence-electron chi connectivity index (χ0n) is 21.5. The number of carbonyl (C=O) groups excluding carboxylic acids is 1. The second-order valence-electron chi connectivity index (χ2n) is 9.01. The van der Waals surface area contributed by atoms with E-state index >= 15 is 0 Å². The number of nitrogens with zero attached hydrogens (tertiary/aromatic N) is 3. The van der Waals surface area contributed by atoms with Gasteiger partial charge in [-0.15, -0.1) is 0 Å². The minimum atomic E-state index is -3.72. The van der Waals surface area contributed by atoms with Crippen molar-refractivity contribution in [3.8, 4) is 11.5 Å². The van der Waals surface area contributed by atoms with Gasteiger partial charge in [0.1, 0.15) is 0 Å². The molecular weight excluding hydrogens is 490 g/mol. The van der Waals surface area contributed by atoms with Crippen LogP contribution in [0.2, 0.25) is 0 Å². The van der Waals surface area contributed by atoms with Gasteiger partial charge in [-0.3, -0.25) is 9.69 Å². The lowest BCUT2D eigenvalue weighted by Crippen LogP contribution is -2.48. The molecule has 9 heteroatoms. The molecule has 0 aromatic heterocycles. The number of rotatable bonds is 9. The van der Waals surface area contributed by atoms with Crippen LogP contribution in [0.15, 0.2) is 77.7 Å². The van der Waals surface area contributed by atoms with E-state index in [0.717, 1.165) is 12.1 Å². The van der Waals surface area contributed by atoms with Gasteiger partial charge < -0.3 is 14.4 Å². The van der Waals surface area contributed by atoms with E-state index < -0.39 is 10.0 Å². The Morgan fingerprint density at radius 1 is 0.892 bits per heavy atom. The smallest absolute Gasteiger partial charge is 0.253 e. The summed E-state index contributed by atoms with van der Waals surface area (Å²) in [4.78, 5) is 17.1. The van der Waals surface area contributed by atoms with Crippen molar-refractivity contribution in [2.24, 2.45) is 0 Å². The fourth-order valence-electron chi connectivity index (χ4n) is 4.53. The van der Waals surface area contributed by atoms with Crippen molar-refractivity contribution in [2.45, 2.75) is 18.0 Å². The molecule has 3 aromatic rings. The molecule has 4 rings (SSSR count). The van der Waals surface area contributed by atoms with Gasteiger partial charge >= 0.3 is 0 Å². The van der Waals surface area contributed by atoms with Crippen LogP contribution in [-0.2, 0) is 23.1 Å². The largest absolute Gasteiger partial charge is 0.493 e. The van der Waals surface area contributed by atoms with Crippen LogP contribution < -0.4 is 9.47 Å². The van der Waals surface area contributed by atoms with Gasteiger partial charge in [-0.25, -0.2) is 8.42 Å². The van der Waals surface area contributed by atoms with Crippen molar-refractivity contribution < 1.29 is 22.7 Å². The second kappa shape index (κ2) is 11.8. The first-order valence-electron chi connectivity index (χ1n) is 12.2. The van der Waals surface area contributed by atoms with E-state index in [9.17, 15) is 13.2 Å². The Labute approximate surface area is 219 Å². The maximum absolute atomic E-state index is 13.4. The normalized spacial score (nSPS) is 14.8. The molecule has 0 radical (unpaired) electrons. The number of para-hydroxylation sites is 1. The molecule has 0 aliphatic carbocycles. The first kappa shape index (κ1) is 26.7. The molecule has 0 saturated carbocycles. The Morgan fingerprint density at radius 3 is 2.27 bits per heavy atom. The van der Waals surface area contributed by atoms with Crippen molar-refractivity contribution in [1.29, 1.82) is 0 Å². The van der Waals surface area contributed by atoms with E-state index in [2.05, 4.69) is 17.0 Å². The van der Waals surface area contributed by atoms with Crippen LogP contribution in [0.5, 0.6) is 11.5 Å². The molecule has 0 bridgehead atoms. The summed E-state index contributed by atoms with van der Waals surface area (Å²) in [6.07, 6.45) is 0. The SMILES string of the molecule is COc1cccc(CN(C)C(=O)c2cccc(S(=O)(=O)N3CCN(Cc4ccccc4)CC3)c2)c1OC. The van der Waals surface area contributed by atoms with Crippen molar-refractivity contribution in [1.82, 2.24) is 14.1 Å². The van der Waals surface area contributed by atoms with Crippen molar-refractivity contribution in [3.63, 3.8) is 0 Å². The lowest BCUT2D eigenvalue weighted by atomic mass is 10.1. The van der Waals surface area contributed by atoms with Gasteiger partial charge in [0, 0.05) is 57.4 Å². The lowest BCUT2D eigenvalue weighted by molar-refractivity contribution is 0.0783. The summed E-state index contributed by atoms with van der Waals surface area (Å²) in [6, 6.07) is 21.9. The topological polar surface area (TPSA) is 79.4 Å². The molecule has 1 aliphatic heterocycles. The lowest BCUT2D eigenvalue weighted by Gasteiger charge is -2.34. The average molecular weight is 524 g/mol. The van der Waals surface area contributed by atoms with E-state index in [0.29, 0.717) is 43.2 Å². The molecule has 1 saturated heterocycles. The minimum Gasteiger partial charge on any atom is -0.493 e. The van der Waals surface area contributed by atoms with E-state index in [1.807, 2.05) is 30.3 Å². The maximum atomic E-state index is 13.4. The van der Waals surface area contributed by atoms with Gasteiger partial charge in [0.25, 0.3) is 5.91 Å². The van der Waals surface area contributed by atoms with E-state index in [4.69, 9.17) is 9.47 Å². The molecule has 1 amide bonds. The predicted molar refractivity (Wildman–Crippen MR) is 142 cm³/mol. The third kappa shape index (κ3) is 6.12.